The molecule has 4 aliphatic rings. The van der Waals surface area contributed by atoms with Crippen molar-refractivity contribution in [3.8, 4) is 5.75 Å². The molecule has 13 nitrogen and oxygen atoms in total. The molecule has 0 radical (unpaired) electrons. The number of hydrogen-bond acceptors (Lipinski definition) is 9. The van der Waals surface area contributed by atoms with Crippen molar-refractivity contribution in [3.05, 3.63) is 110 Å². The van der Waals surface area contributed by atoms with Gasteiger partial charge in [-0.05, 0) is 48.6 Å². The van der Waals surface area contributed by atoms with Crippen molar-refractivity contribution in [2.45, 2.75) is 18.8 Å². The lowest BCUT2D eigenvalue weighted by Crippen LogP contribution is -2.43. The molecule has 2 aliphatic carbocycles. The summed E-state index contributed by atoms with van der Waals surface area (Å²) >= 11 is 0. The quantitative estimate of drug-likeness (QED) is 0.186. The average Bonchev–Trinajstić information content (AvgIpc) is 3.45. The van der Waals surface area contributed by atoms with Gasteiger partial charge in [-0.2, -0.15) is 0 Å². The predicted molar refractivity (Wildman–Crippen MR) is 157 cm³/mol. The summed E-state index contributed by atoms with van der Waals surface area (Å²) < 4.78 is 14.7. The highest BCUT2D eigenvalue weighted by Gasteiger charge is 2.62. The number of carbonyl (C=O) groups is 4. The Morgan fingerprint density at radius 1 is 0.717 bits per heavy atom. The number of allylic oxidation sites excluding steroid dienone is 2. The molecule has 14 heteroatoms. The van der Waals surface area contributed by atoms with Crippen LogP contribution >= 0.6 is 0 Å². The van der Waals surface area contributed by atoms with Gasteiger partial charge in [-0.15, -0.1) is 0 Å². The third-order valence-corrected chi connectivity index (χ3v) is 9.58. The molecule has 2 aliphatic heterocycles. The van der Waals surface area contributed by atoms with Crippen molar-refractivity contribution in [1.29, 1.82) is 0 Å². The molecule has 7 rings (SSSR count). The number of non-ortho nitro benzene ring substituents is 2. The number of phenolic OH excluding ortho intramolecular Hbond substituents is 1. The van der Waals surface area contributed by atoms with Crippen LogP contribution in [0.4, 0.5) is 27.1 Å². The Balaban J connectivity index is 1.33. The maximum Gasteiger partial charge on any atom is 0.271 e. The van der Waals surface area contributed by atoms with E-state index in [-0.39, 0.29) is 41.2 Å². The van der Waals surface area contributed by atoms with E-state index < -0.39 is 80.5 Å². The topological polar surface area (TPSA) is 181 Å². The second-order valence-corrected chi connectivity index (χ2v) is 11.8. The fourth-order valence-corrected chi connectivity index (χ4v) is 7.68. The van der Waals surface area contributed by atoms with E-state index in [9.17, 15) is 48.9 Å². The van der Waals surface area contributed by atoms with Gasteiger partial charge in [0.05, 0.1) is 44.9 Å². The second kappa shape index (κ2) is 10.4. The van der Waals surface area contributed by atoms with Crippen molar-refractivity contribution in [2.75, 3.05) is 9.80 Å². The van der Waals surface area contributed by atoms with Crippen LogP contribution in [0.1, 0.15) is 24.3 Å². The molecule has 3 aromatic rings. The fraction of sp³-hybridized carbons (Fsp3) is 0.250. The van der Waals surface area contributed by atoms with E-state index in [0.717, 1.165) is 34.1 Å². The SMILES string of the molecule is O=C1[C@H]2[C@H](CC=C3[C@H]2C[C@H]2C(=O)N(c4cccc([N+](=O)[O-])c4)C(=O)[C@H]2[C@H]3c2ccc(O)c(F)c2)C(=O)N1c1cccc([N+](=O)[O-])c1. The number of rotatable bonds is 5. The van der Waals surface area contributed by atoms with Crippen molar-refractivity contribution in [2.24, 2.45) is 29.6 Å². The minimum absolute atomic E-state index is 0.00645. The number of fused-ring (bicyclic) bond motifs is 4. The summed E-state index contributed by atoms with van der Waals surface area (Å²) in [6.45, 7) is 0. The number of nitrogens with zero attached hydrogens (tertiary/aromatic N) is 4. The van der Waals surface area contributed by atoms with Gasteiger partial charge in [0.1, 0.15) is 0 Å². The molecule has 46 heavy (non-hydrogen) atoms. The molecule has 0 unspecified atom stereocenters. The number of hydrogen-bond donors (Lipinski definition) is 1. The van der Waals surface area contributed by atoms with E-state index in [4.69, 9.17) is 0 Å². The molecule has 1 N–H and O–H groups in total. The standard InChI is InChI=1S/C32H23FN4O9/c33-24-11-15(7-10-25(24)38)26-20-8-9-21-27(31(41)34(29(21)39)16-3-1-5-18(12-16)36(43)44)22(20)14-23-28(26)32(42)35(30(23)40)17-4-2-6-19(13-17)37(45)46/h1-8,10-13,21-23,26-28,38H,9,14H2/t21-,22+,23+,26-,27-,28+/m0/s1. The summed E-state index contributed by atoms with van der Waals surface area (Å²) in [6, 6.07) is 13.9. The molecule has 4 amide bonds. The van der Waals surface area contributed by atoms with Crippen molar-refractivity contribution in [3.63, 3.8) is 0 Å². The van der Waals surface area contributed by atoms with Crippen LogP contribution in [0, 0.1) is 55.6 Å². The van der Waals surface area contributed by atoms with Gasteiger partial charge in [-0.25, -0.2) is 14.2 Å². The van der Waals surface area contributed by atoms with Crippen molar-refractivity contribution in [1.82, 2.24) is 0 Å². The van der Waals surface area contributed by atoms with Crippen molar-refractivity contribution < 1.29 is 38.5 Å². The number of benzene rings is 3. The van der Waals surface area contributed by atoms with Crippen LogP contribution in [0.5, 0.6) is 5.75 Å². The number of imide groups is 2. The van der Waals surface area contributed by atoms with E-state index >= 15 is 0 Å². The lowest BCUT2D eigenvalue weighted by atomic mass is 9.57. The first-order valence-electron chi connectivity index (χ1n) is 14.4. The van der Waals surface area contributed by atoms with E-state index in [2.05, 4.69) is 0 Å². The van der Waals surface area contributed by atoms with Gasteiger partial charge in [0.15, 0.2) is 11.6 Å². The Kier molecular flexibility index (Phi) is 6.54. The smallest absolute Gasteiger partial charge is 0.271 e. The highest BCUT2D eigenvalue weighted by Crippen LogP contribution is 2.58. The first-order chi connectivity index (χ1) is 22.0. The van der Waals surface area contributed by atoms with Gasteiger partial charge in [0, 0.05) is 30.2 Å². The third kappa shape index (κ3) is 4.20. The predicted octanol–water partition coefficient (Wildman–Crippen LogP) is 4.39. The molecule has 1 saturated carbocycles. The fourth-order valence-electron chi connectivity index (χ4n) is 7.68. The van der Waals surface area contributed by atoms with E-state index in [1.807, 2.05) is 0 Å². The first-order valence-corrected chi connectivity index (χ1v) is 14.4. The summed E-state index contributed by atoms with van der Waals surface area (Å²) in [4.78, 5) is 79.2. The average molecular weight is 627 g/mol. The van der Waals surface area contributed by atoms with Crippen molar-refractivity contribution >= 4 is 46.4 Å². The number of anilines is 2. The maximum absolute atomic E-state index is 14.7. The summed E-state index contributed by atoms with van der Waals surface area (Å²) in [5.41, 5.74) is 0.229. The molecule has 0 aromatic heterocycles. The summed E-state index contributed by atoms with van der Waals surface area (Å²) in [7, 11) is 0. The lowest BCUT2D eigenvalue weighted by Gasteiger charge is -2.44. The van der Waals surface area contributed by atoms with Gasteiger partial charge < -0.3 is 5.11 Å². The molecule has 0 spiro atoms. The summed E-state index contributed by atoms with van der Waals surface area (Å²) in [5, 5.41) is 32.7. The van der Waals surface area contributed by atoms with Gasteiger partial charge in [-0.3, -0.25) is 39.4 Å². The summed E-state index contributed by atoms with van der Waals surface area (Å²) in [5.74, 6) is -9.57. The molecule has 3 aromatic carbocycles. The van der Waals surface area contributed by atoms with Gasteiger partial charge in [0.2, 0.25) is 23.6 Å². The van der Waals surface area contributed by atoms with Crippen LogP contribution in [0.2, 0.25) is 0 Å². The molecule has 3 fully saturated rings. The monoisotopic (exact) mass is 626 g/mol. The van der Waals surface area contributed by atoms with Crippen LogP contribution in [-0.2, 0) is 19.2 Å². The van der Waals surface area contributed by atoms with Crippen LogP contribution < -0.4 is 9.80 Å². The number of phenols is 1. The Morgan fingerprint density at radius 3 is 1.85 bits per heavy atom. The largest absolute Gasteiger partial charge is 0.505 e. The Labute approximate surface area is 258 Å². The highest BCUT2D eigenvalue weighted by atomic mass is 19.1. The van der Waals surface area contributed by atoms with Gasteiger partial charge in [-0.1, -0.05) is 29.8 Å². The minimum Gasteiger partial charge on any atom is -0.505 e. The Bertz CT molecular complexity index is 1940. The lowest BCUT2D eigenvalue weighted by molar-refractivity contribution is -0.385. The van der Waals surface area contributed by atoms with E-state index in [1.165, 1.54) is 42.5 Å². The van der Waals surface area contributed by atoms with Gasteiger partial charge >= 0.3 is 0 Å². The molecule has 2 saturated heterocycles. The zero-order chi connectivity index (χ0) is 32.6. The van der Waals surface area contributed by atoms with E-state index in [1.54, 1.807) is 6.08 Å². The molecular formula is C32H23FN4O9. The highest BCUT2D eigenvalue weighted by molar-refractivity contribution is 6.24. The molecule has 0 bridgehead atoms. The van der Waals surface area contributed by atoms with Crippen LogP contribution in [0.15, 0.2) is 78.4 Å². The number of nitro groups is 2. The van der Waals surface area contributed by atoms with Crippen LogP contribution in [0.3, 0.4) is 0 Å². The number of aromatic hydroxyl groups is 1. The minimum atomic E-state index is -1.06. The number of amides is 4. The number of carbonyl (C=O) groups excluding carboxylic acids is 4. The molecule has 6 atom stereocenters. The van der Waals surface area contributed by atoms with E-state index in [0.29, 0.717) is 5.57 Å². The second-order valence-electron chi connectivity index (χ2n) is 11.8. The zero-order valence-electron chi connectivity index (χ0n) is 23.7. The Morgan fingerprint density at radius 2 is 1.28 bits per heavy atom. The summed E-state index contributed by atoms with van der Waals surface area (Å²) in [6.07, 6.45) is 1.83. The number of nitro benzene ring substituents is 2. The zero-order valence-corrected chi connectivity index (χ0v) is 23.7. The Hall–Kier alpha value is -5.79. The third-order valence-electron chi connectivity index (χ3n) is 9.58. The van der Waals surface area contributed by atoms with Gasteiger partial charge in [0.25, 0.3) is 11.4 Å². The maximum atomic E-state index is 14.7. The molecule has 232 valence electrons. The molecule has 2 heterocycles. The number of halogens is 1. The molecular weight excluding hydrogens is 603 g/mol. The first kappa shape index (κ1) is 29.0. The normalized spacial score (nSPS) is 26.8. The van der Waals surface area contributed by atoms with Crippen LogP contribution in [-0.4, -0.2) is 38.6 Å². The van der Waals surface area contributed by atoms with Crippen LogP contribution in [0.25, 0.3) is 0 Å².